The molecule has 0 atom stereocenters. The van der Waals surface area contributed by atoms with E-state index in [4.69, 9.17) is 0 Å². The average molecular weight is 237 g/mol. The third kappa shape index (κ3) is 1.55. The van der Waals surface area contributed by atoms with E-state index in [-0.39, 0.29) is 5.56 Å². The molecule has 0 bridgehead atoms. The Bertz CT molecular complexity index is 764. The van der Waals surface area contributed by atoms with Crippen LogP contribution in [0.5, 0.6) is 6.01 Å². The first-order chi connectivity index (χ1) is 8.77. The maximum Gasteiger partial charge on any atom is 0.355 e. The highest BCUT2D eigenvalue weighted by molar-refractivity contribution is 5.78. The average Bonchev–Trinajstić information content (AvgIpc) is 2.40. The van der Waals surface area contributed by atoms with E-state index in [1.165, 1.54) is 0 Å². The Morgan fingerprint density at radius 2 is 1.56 bits per heavy atom. The summed E-state index contributed by atoms with van der Waals surface area (Å²) in [5, 5.41) is 12.4. The SMILES string of the molecule is [O]c1nc2ccccc2c(=O)n1-c1ccccc1. The lowest BCUT2D eigenvalue weighted by molar-refractivity contribution is 0.308. The molecule has 2 aromatic carbocycles. The molecule has 4 heteroatoms. The van der Waals surface area contributed by atoms with Crippen molar-refractivity contribution in [2.45, 2.75) is 0 Å². The predicted octanol–water partition coefficient (Wildman–Crippen LogP) is 2.53. The van der Waals surface area contributed by atoms with Gasteiger partial charge < -0.3 is 0 Å². The molecule has 3 aromatic rings. The van der Waals surface area contributed by atoms with Crippen molar-refractivity contribution in [1.29, 1.82) is 0 Å². The van der Waals surface area contributed by atoms with Gasteiger partial charge in [0, 0.05) is 0 Å². The lowest BCUT2D eigenvalue weighted by Gasteiger charge is -2.06. The third-order valence-electron chi connectivity index (χ3n) is 2.76. The van der Waals surface area contributed by atoms with Crippen molar-refractivity contribution >= 4 is 10.9 Å². The number of aromatic nitrogens is 2. The zero-order valence-corrected chi connectivity index (χ0v) is 9.41. The van der Waals surface area contributed by atoms with Crippen LogP contribution in [-0.2, 0) is 5.11 Å². The van der Waals surface area contributed by atoms with Gasteiger partial charge in [0.15, 0.2) is 0 Å². The quantitative estimate of drug-likeness (QED) is 0.653. The molecular weight excluding hydrogens is 228 g/mol. The van der Waals surface area contributed by atoms with Crippen LogP contribution in [0.4, 0.5) is 0 Å². The zero-order chi connectivity index (χ0) is 12.5. The minimum absolute atomic E-state index is 0.336. The fourth-order valence-electron chi connectivity index (χ4n) is 1.92. The van der Waals surface area contributed by atoms with Gasteiger partial charge in [0.05, 0.1) is 16.6 Å². The first-order valence-electron chi connectivity index (χ1n) is 5.51. The van der Waals surface area contributed by atoms with Gasteiger partial charge in [-0.05, 0) is 24.3 Å². The molecule has 0 spiro atoms. The van der Waals surface area contributed by atoms with E-state index < -0.39 is 6.01 Å². The molecule has 0 unspecified atom stereocenters. The third-order valence-corrected chi connectivity index (χ3v) is 2.76. The van der Waals surface area contributed by atoms with Crippen molar-refractivity contribution in [1.82, 2.24) is 9.55 Å². The summed E-state index contributed by atoms with van der Waals surface area (Å²) in [5.74, 6) is 0. The largest absolute Gasteiger partial charge is 0.355 e. The molecule has 1 aromatic heterocycles. The summed E-state index contributed by atoms with van der Waals surface area (Å²) in [5.41, 5.74) is 0.627. The summed E-state index contributed by atoms with van der Waals surface area (Å²) >= 11 is 0. The van der Waals surface area contributed by atoms with E-state index in [2.05, 4.69) is 4.98 Å². The molecule has 0 saturated carbocycles. The number of nitrogens with zero attached hydrogens (tertiary/aromatic N) is 2. The van der Waals surface area contributed by atoms with Crippen LogP contribution in [0.3, 0.4) is 0 Å². The van der Waals surface area contributed by atoms with E-state index in [0.29, 0.717) is 16.6 Å². The summed E-state index contributed by atoms with van der Waals surface area (Å²) in [7, 11) is 0. The Kier molecular flexibility index (Phi) is 2.34. The van der Waals surface area contributed by atoms with E-state index in [1.54, 1.807) is 48.5 Å². The highest BCUT2D eigenvalue weighted by atomic mass is 16.3. The Morgan fingerprint density at radius 1 is 0.889 bits per heavy atom. The van der Waals surface area contributed by atoms with Crippen LogP contribution in [0.15, 0.2) is 59.4 Å². The highest BCUT2D eigenvalue weighted by Crippen LogP contribution is 2.16. The fourth-order valence-corrected chi connectivity index (χ4v) is 1.92. The Labute approximate surface area is 103 Å². The number of para-hydroxylation sites is 2. The van der Waals surface area contributed by atoms with E-state index >= 15 is 0 Å². The minimum Gasteiger partial charge on any atom is -0.268 e. The van der Waals surface area contributed by atoms with Crippen LogP contribution in [0, 0.1) is 0 Å². The van der Waals surface area contributed by atoms with Gasteiger partial charge in [-0.25, -0.2) is 9.67 Å². The van der Waals surface area contributed by atoms with Crippen molar-refractivity contribution in [3.63, 3.8) is 0 Å². The van der Waals surface area contributed by atoms with Crippen LogP contribution in [-0.4, -0.2) is 9.55 Å². The second-order valence-electron chi connectivity index (χ2n) is 3.89. The smallest absolute Gasteiger partial charge is 0.268 e. The molecule has 3 rings (SSSR count). The summed E-state index contributed by atoms with van der Waals surface area (Å²) < 4.78 is 1.09. The number of hydrogen-bond acceptors (Lipinski definition) is 2. The number of hydrogen-bond donors (Lipinski definition) is 0. The summed E-state index contributed by atoms with van der Waals surface area (Å²) in [6.45, 7) is 0. The lowest BCUT2D eigenvalue weighted by Crippen LogP contribution is -2.19. The van der Waals surface area contributed by atoms with Gasteiger partial charge in [-0.2, -0.15) is 4.98 Å². The topological polar surface area (TPSA) is 54.8 Å². The minimum atomic E-state index is -0.551. The Morgan fingerprint density at radius 3 is 2.33 bits per heavy atom. The Hall–Kier alpha value is -2.62. The summed E-state index contributed by atoms with van der Waals surface area (Å²) in [4.78, 5) is 16.2. The van der Waals surface area contributed by atoms with Gasteiger partial charge in [0.1, 0.15) is 0 Å². The summed E-state index contributed by atoms with van der Waals surface area (Å²) in [6.07, 6.45) is 0. The molecule has 1 radical (unpaired) electrons. The van der Waals surface area contributed by atoms with Crippen molar-refractivity contribution in [2.75, 3.05) is 0 Å². The predicted molar refractivity (Wildman–Crippen MR) is 67.5 cm³/mol. The van der Waals surface area contributed by atoms with Crippen molar-refractivity contribution in [2.24, 2.45) is 0 Å². The molecule has 0 N–H and O–H groups in total. The maximum absolute atomic E-state index is 12.3. The zero-order valence-electron chi connectivity index (χ0n) is 9.41. The maximum atomic E-state index is 12.3. The number of rotatable bonds is 1. The number of fused-ring (bicyclic) bond motifs is 1. The standard InChI is InChI=1S/C14H9N2O2/c17-13-11-8-4-5-9-12(11)15-14(18)16(13)10-6-2-1-3-7-10/h1-9H. The molecule has 0 fully saturated rings. The van der Waals surface area contributed by atoms with Crippen molar-refractivity contribution in [3.8, 4) is 11.7 Å². The highest BCUT2D eigenvalue weighted by Gasteiger charge is 2.12. The van der Waals surface area contributed by atoms with Crippen LogP contribution in [0.2, 0.25) is 0 Å². The molecule has 0 saturated heterocycles. The van der Waals surface area contributed by atoms with Crippen LogP contribution in [0.25, 0.3) is 16.6 Å². The van der Waals surface area contributed by atoms with E-state index in [0.717, 1.165) is 4.57 Å². The van der Waals surface area contributed by atoms with E-state index in [1.807, 2.05) is 6.07 Å². The second-order valence-corrected chi connectivity index (χ2v) is 3.89. The second kappa shape index (κ2) is 4.00. The van der Waals surface area contributed by atoms with Crippen molar-refractivity contribution < 1.29 is 5.11 Å². The molecule has 4 nitrogen and oxygen atoms in total. The molecule has 1 heterocycles. The van der Waals surface area contributed by atoms with Gasteiger partial charge in [-0.1, -0.05) is 30.3 Å². The van der Waals surface area contributed by atoms with Crippen LogP contribution < -0.4 is 5.56 Å². The molecule has 0 aliphatic rings. The van der Waals surface area contributed by atoms with Gasteiger partial charge in [0.2, 0.25) is 0 Å². The van der Waals surface area contributed by atoms with Gasteiger partial charge in [-0.15, -0.1) is 0 Å². The molecular formula is C14H9N2O2. The Balaban J connectivity index is 2.41. The van der Waals surface area contributed by atoms with Gasteiger partial charge in [-0.3, -0.25) is 4.79 Å². The summed E-state index contributed by atoms with van der Waals surface area (Å²) in [6, 6.07) is 15.1. The molecule has 0 amide bonds. The number of benzene rings is 2. The molecule has 0 aliphatic heterocycles. The van der Waals surface area contributed by atoms with Crippen LogP contribution >= 0.6 is 0 Å². The monoisotopic (exact) mass is 237 g/mol. The van der Waals surface area contributed by atoms with Gasteiger partial charge >= 0.3 is 6.01 Å². The van der Waals surface area contributed by atoms with Crippen molar-refractivity contribution in [3.05, 3.63) is 65.0 Å². The first kappa shape index (κ1) is 10.5. The van der Waals surface area contributed by atoms with Crippen LogP contribution in [0.1, 0.15) is 0 Å². The first-order valence-corrected chi connectivity index (χ1v) is 5.51. The molecule has 87 valence electrons. The fraction of sp³-hybridized carbons (Fsp3) is 0. The molecule has 18 heavy (non-hydrogen) atoms. The molecule has 0 aliphatic carbocycles. The lowest BCUT2D eigenvalue weighted by atomic mass is 10.2. The normalized spacial score (nSPS) is 10.7. The van der Waals surface area contributed by atoms with Gasteiger partial charge in [0.25, 0.3) is 5.56 Å². The van der Waals surface area contributed by atoms with E-state index in [9.17, 15) is 9.90 Å².